The Bertz CT molecular complexity index is 482. The number of aromatic nitrogens is 4. The minimum absolute atomic E-state index is 0.149. The highest BCUT2D eigenvalue weighted by Gasteiger charge is 2.13. The van der Waals surface area contributed by atoms with Crippen LogP contribution in [0, 0.1) is 5.92 Å². The molecule has 0 aliphatic heterocycles. The monoisotopic (exact) mass is 263 g/mol. The third-order valence-corrected chi connectivity index (χ3v) is 3.77. The molecule has 6 heteroatoms. The van der Waals surface area contributed by atoms with Gasteiger partial charge in [0.2, 0.25) is 5.16 Å². The predicted molar refractivity (Wildman–Crippen MR) is 72.7 cm³/mol. The predicted octanol–water partition coefficient (Wildman–Crippen LogP) is 1.74. The zero-order valence-electron chi connectivity index (χ0n) is 10.5. The van der Waals surface area contributed by atoms with Gasteiger partial charge in [-0.05, 0) is 28.5 Å². The molecule has 0 aliphatic rings. The topological polar surface area (TPSA) is 69.6 Å². The average molecular weight is 263 g/mol. The van der Waals surface area contributed by atoms with Gasteiger partial charge >= 0.3 is 0 Å². The number of tetrazole rings is 1. The maximum Gasteiger partial charge on any atom is 0.214 e. The van der Waals surface area contributed by atoms with Gasteiger partial charge in [0.15, 0.2) is 0 Å². The first-order valence-electron chi connectivity index (χ1n) is 5.90. The molecule has 5 nitrogen and oxygen atoms in total. The zero-order valence-corrected chi connectivity index (χ0v) is 11.3. The summed E-state index contributed by atoms with van der Waals surface area (Å²) >= 11 is 1.59. The van der Waals surface area contributed by atoms with Crippen LogP contribution in [0.5, 0.6) is 0 Å². The van der Waals surface area contributed by atoms with Gasteiger partial charge in [0.1, 0.15) is 0 Å². The van der Waals surface area contributed by atoms with Crippen molar-refractivity contribution in [3.63, 3.8) is 0 Å². The van der Waals surface area contributed by atoms with Crippen LogP contribution >= 0.6 is 11.8 Å². The van der Waals surface area contributed by atoms with E-state index in [2.05, 4.69) is 29.4 Å². The summed E-state index contributed by atoms with van der Waals surface area (Å²) in [4.78, 5) is 0. The summed E-state index contributed by atoms with van der Waals surface area (Å²) in [5.41, 5.74) is 6.98. The number of hydrogen-bond acceptors (Lipinski definition) is 5. The fraction of sp³-hybridized carbons (Fsp3) is 0.417. The molecule has 0 saturated carbocycles. The number of benzene rings is 1. The lowest BCUT2D eigenvalue weighted by atomic mass is 10.1. The smallest absolute Gasteiger partial charge is 0.214 e. The first-order valence-corrected chi connectivity index (χ1v) is 6.89. The third kappa shape index (κ3) is 3.08. The molecule has 0 aliphatic carbocycles. The van der Waals surface area contributed by atoms with Gasteiger partial charge in [0.25, 0.3) is 0 Å². The largest absolute Gasteiger partial charge is 0.327 e. The van der Waals surface area contributed by atoms with Crippen molar-refractivity contribution in [1.29, 1.82) is 0 Å². The van der Waals surface area contributed by atoms with Gasteiger partial charge in [-0.3, -0.25) is 0 Å². The lowest BCUT2D eigenvalue weighted by Gasteiger charge is -2.14. The highest BCUT2D eigenvalue weighted by molar-refractivity contribution is 7.99. The number of thioether (sulfide) groups is 1. The fourth-order valence-electron chi connectivity index (χ4n) is 1.36. The molecule has 0 radical (unpaired) electrons. The normalized spacial score (nSPS) is 12.9. The molecule has 0 amide bonds. The van der Waals surface area contributed by atoms with Gasteiger partial charge in [-0.2, -0.15) is 4.68 Å². The van der Waals surface area contributed by atoms with Crippen LogP contribution in [-0.4, -0.2) is 32.0 Å². The second-order valence-electron chi connectivity index (χ2n) is 4.43. The van der Waals surface area contributed by atoms with Crippen LogP contribution in [0.1, 0.15) is 13.8 Å². The summed E-state index contributed by atoms with van der Waals surface area (Å²) < 4.78 is 1.73. The average Bonchev–Trinajstić information content (AvgIpc) is 2.85. The zero-order chi connectivity index (χ0) is 13.0. The maximum absolute atomic E-state index is 6.02. The van der Waals surface area contributed by atoms with Crippen LogP contribution in [0.3, 0.4) is 0 Å². The van der Waals surface area contributed by atoms with E-state index in [0.717, 1.165) is 16.6 Å². The second kappa shape index (κ2) is 5.97. The molecule has 2 aromatic rings. The van der Waals surface area contributed by atoms with Crippen LogP contribution in [0.15, 0.2) is 35.5 Å². The van der Waals surface area contributed by atoms with E-state index >= 15 is 0 Å². The Morgan fingerprint density at radius 3 is 2.67 bits per heavy atom. The van der Waals surface area contributed by atoms with Crippen molar-refractivity contribution in [2.24, 2.45) is 11.7 Å². The molecule has 1 aromatic carbocycles. The highest BCUT2D eigenvalue weighted by Crippen LogP contribution is 2.19. The van der Waals surface area contributed by atoms with Crippen molar-refractivity contribution in [2.75, 3.05) is 5.75 Å². The Labute approximate surface area is 111 Å². The SMILES string of the molecule is CC(C)C(N)CSc1nnnn1-c1ccccc1. The van der Waals surface area contributed by atoms with Crippen LogP contribution in [0.2, 0.25) is 0 Å². The van der Waals surface area contributed by atoms with Crippen LogP contribution in [0.4, 0.5) is 0 Å². The van der Waals surface area contributed by atoms with E-state index in [4.69, 9.17) is 5.73 Å². The fourth-order valence-corrected chi connectivity index (χ4v) is 2.45. The van der Waals surface area contributed by atoms with E-state index in [-0.39, 0.29) is 6.04 Å². The molecule has 2 rings (SSSR count). The lowest BCUT2D eigenvalue weighted by Crippen LogP contribution is -2.29. The van der Waals surface area contributed by atoms with Crippen molar-refractivity contribution in [2.45, 2.75) is 25.0 Å². The van der Waals surface area contributed by atoms with Gasteiger partial charge in [0, 0.05) is 11.8 Å². The molecule has 0 bridgehead atoms. The summed E-state index contributed by atoms with van der Waals surface area (Å²) in [5, 5.41) is 12.5. The Balaban J connectivity index is 2.09. The van der Waals surface area contributed by atoms with Crippen LogP contribution in [-0.2, 0) is 0 Å². The maximum atomic E-state index is 6.02. The third-order valence-electron chi connectivity index (χ3n) is 2.70. The number of rotatable bonds is 5. The summed E-state index contributed by atoms with van der Waals surface area (Å²) in [6.45, 7) is 4.23. The summed E-state index contributed by atoms with van der Waals surface area (Å²) in [7, 11) is 0. The molecule has 1 aromatic heterocycles. The quantitative estimate of drug-likeness (QED) is 0.832. The lowest BCUT2D eigenvalue weighted by molar-refractivity contribution is 0.535. The molecular formula is C12H17N5S. The van der Waals surface area contributed by atoms with E-state index in [1.807, 2.05) is 30.3 Å². The molecule has 0 spiro atoms. The number of nitrogens with zero attached hydrogens (tertiary/aromatic N) is 4. The summed E-state index contributed by atoms with van der Waals surface area (Å²) in [6.07, 6.45) is 0. The van der Waals surface area contributed by atoms with Gasteiger partial charge in [0.05, 0.1) is 5.69 Å². The first-order chi connectivity index (χ1) is 8.68. The van der Waals surface area contributed by atoms with Gasteiger partial charge in [-0.1, -0.05) is 43.8 Å². The molecule has 1 unspecified atom stereocenters. The van der Waals surface area contributed by atoms with Crippen molar-refractivity contribution in [3.05, 3.63) is 30.3 Å². The van der Waals surface area contributed by atoms with Gasteiger partial charge in [-0.15, -0.1) is 5.10 Å². The summed E-state index contributed by atoms with van der Waals surface area (Å²) in [5.74, 6) is 1.27. The minimum Gasteiger partial charge on any atom is -0.327 e. The standard InChI is InChI=1S/C12H17N5S/c1-9(2)11(13)8-18-12-14-15-16-17(12)10-6-4-3-5-7-10/h3-7,9,11H,8,13H2,1-2H3. The molecule has 0 saturated heterocycles. The van der Waals surface area contributed by atoms with Crippen molar-refractivity contribution < 1.29 is 0 Å². The highest BCUT2D eigenvalue weighted by atomic mass is 32.2. The first kappa shape index (κ1) is 13.0. The van der Waals surface area contributed by atoms with E-state index in [9.17, 15) is 0 Å². The Hall–Kier alpha value is -1.40. The summed E-state index contributed by atoms with van der Waals surface area (Å²) in [6, 6.07) is 9.99. The molecule has 0 fully saturated rings. The van der Waals surface area contributed by atoms with Gasteiger partial charge < -0.3 is 5.73 Å². The minimum atomic E-state index is 0.149. The van der Waals surface area contributed by atoms with E-state index in [1.54, 1.807) is 16.4 Å². The Morgan fingerprint density at radius 2 is 2.00 bits per heavy atom. The number of nitrogens with two attached hydrogens (primary N) is 1. The Kier molecular flexibility index (Phi) is 4.33. The molecular weight excluding hydrogens is 246 g/mol. The number of para-hydroxylation sites is 1. The van der Waals surface area contributed by atoms with E-state index in [1.165, 1.54) is 0 Å². The molecule has 1 heterocycles. The molecule has 18 heavy (non-hydrogen) atoms. The second-order valence-corrected chi connectivity index (χ2v) is 5.41. The van der Waals surface area contributed by atoms with Crippen molar-refractivity contribution in [3.8, 4) is 5.69 Å². The molecule has 1 atom stereocenters. The number of hydrogen-bond donors (Lipinski definition) is 1. The van der Waals surface area contributed by atoms with E-state index < -0.39 is 0 Å². The van der Waals surface area contributed by atoms with Crippen LogP contribution in [0.25, 0.3) is 5.69 Å². The molecule has 96 valence electrons. The Morgan fingerprint density at radius 1 is 1.28 bits per heavy atom. The van der Waals surface area contributed by atoms with Gasteiger partial charge in [-0.25, -0.2) is 0 Å². The van der Waals surface area contributed by atoms with E-state index in [0.29, 0.717) is 5.92 Å². The molecule has 2 N–H and O–H groups in total. The van der Waals surface area contributed by atoms with Crippen LogP contribution < -0.4 is 5.73 Å². The van der Waals surface area contributed by atoms with Crippen molar-refractivity contribution >= 4 is 11.8 Å². The van der Waals surface area contributed by atoms with Crippen molar-refractivity contribution in [1.82, 2.24) is 20.2 Å².